The third-order valence-corrected chi connectivity index (χ3v) is 4.77. The Morgan fingerprint density at radius 1 is 1.05 bits per heavy atom. The number of halogens is 5. The first-order valence-electron chi connectivity index (χ1n) is 5.64. The summed E-state index contributed by atoms with van der Waals surface area (Å²) < 4.78 is 34.6. The van der Waals surface area contributed by atoms with E-state index in [1.54, 1.807) is 0 Å². The third-order valence-electron chi connectivity index (χ3n) is 2.54. The van der Waals surface area contributed by atoms with E-state index in [-0.39, 0.29) is 12.2 Å². The summed E-state index contributed by atoms with van der Waals surface area (Å²) in [7, 11) is 0. The van der Waals surface area contributed by atoms with Gasteiger partial charge in [-0.25, -0.2) is 8.78 Å². The van der Waals surface area contributed by atoms with E-state index in [1.165, 1.54) is 0 Å². The second-order valence-electron chi connectivity index (χ2n) is 4.03. The van der Waals surface area contributed by atoms with E-state index in [4.69, 9.17) is 4.74 Å². The minimum atomic E-state index is -0.879. The van der Waals surface area contributed by atoms with Crippen LogP contribution in [0.5, 0.6) is 5.75 Å². The van der Waals surface area contributed by atoms with Crippen LogP contribution in [0.4, 0.5) is 8.78 Å². The summed E-state index contributed by atoms with van der Waals surface area (Å²) in [6.45, 7) is -0.296. The predicted molar refractivity (Wildman–Crippen MR) is 101 cm³/mol. The van der Waals surface area contributed by atoms with Gasteiger partial charge in [-0.05, 0) is 92.0 Å². The van der Waals surface area contributed by atoms with Crippen molar-refractivity contribution in [1.82, 2.24) is 0 Å². The monoisotopic (exact) mass is 626 g/mol. The molecule has 0 aromatic heterocycles. The maximum Gasteiger partial charge on any atom is 0.203 e. The van der Waals surface area contributed by atoms with Crippen molar-refractivity contribution >= 4 is 73.6 Å². The van der Waals surface area contributed by atoms with Crippen molar-refractivity contribution < 1.29 is 18.3 Å². The molecule has 2 nitrogen and oxygen atoms in total. The first-order chi connectivity index (χ1) is 9.88. The molecule has 2 aromatic carbocycles. The molecule has 0 aliphatic rings. The van der Waals surface area contributed by atoms with Crippen LogP contribution >= 0.6 is 67.8 Å². The summed E-state index contributed by atoms with van der Waals surface area (Å²) in [5.74, 6) is -1.53. The zero-order valence-corrected chi connectivity index (χ0v) is 16.8. The van der Waals surface area contributed by atoms with Gasteiger partial charge in [-0.2, -0.15) is 0 Å². The van der Waals surface area contributed by atoms with E-state index in [0.717, 1.165) is 22.8 Å². The van der Waals surface area contributed by atoms with Crippen LogP contribution in [0.3, 0.4) is 0 Å². The van der Waals surface area contributed by atoms with E-state index in [9.17, 15) is 13.6 Å². The Hall–Kier alpha value is -0.0400. The zero-order chi connectivity index (χ0) is 15.6. The molecule has 2 aromatic rings. The smallest absolute Gasteiger partial charge is 0.203 e. The lowest BCUT2D eigenvalue weighted by Gasteiger charge is -2.10. The van der Waals surface area contributed by atoms with Crippen molar-refractivity contribution in [3.63, 3.8) is 0 Å². The van der Waals surface area contributed by atoms with Crippen LogP contribution in [0.1, 0.15) is 10.4 Å². The van der Waals surface area contributed by atoms with Crippen LogP contribution in [0.2, 0.25) is 0 Å². The van der Waals surface area contributed by atoms with E-state index in [2.05, 4.69) is 67.8 Å². The molecule has 0 spiro atoms. The Labute approximate surface area is 161 Å². The van der Waals surface area contributed by atoms with Crippen LogP contribution in [0.15, 0.2) is 30.3 Å². The van der Waals surface area contributed by atoms with Crippen LogP contribution < -0.4 is 4.74 Å². The lowest BCUT2D eigenvalue weighted by Crippen LogP contribution is -2.14. The van der Waals surface area contributed by atoms with Gasteiger partial charge in [-0.3, -0.25) is 4.79 Å². The standard InChI is InChI=1S/C14H7F2I3O2/c15-7-1-2-9(10(16)3-7)13(20)6-21-14-11(18)4-8(17)5-12(14)19/h1-5H,6H2. The molecule has 0 fully saturated rings. The van der Waals surface area contributed by atoms with Gasteiger partial charge in [0.25, 0.3) is 0 Å². The lowest BCUT2D eigenvalue weighted by atomic mass is 10.1. The van der Waals surface area contributed by atoms with Gasteiger partial charge in [-0.15, -0.1) is 0 Å². The summed E-state index contributed by atoms with van der Waals surface area (Å²) in [6.07, 6.45) is 0. The normalized spacial score (nSPS) is 10.5. The summed E-state index contributed by atoms with van der Waals surface area (Å²) in [4.78, 5) is 11.9. The number of carbonyl (C=O) groups excluding carboxylic acids is 1. The number of rotatable bonds is 4. The van der Waals surface area contributed by atoms with E-state index < -0.39 is 17.4 Å². The molecule has 7 heteroatoms. The second kappa shape index (κ2) is 7.49. The van der Waals surface area contributed by atoms with Crippen molar-refractivity contribution in [3.05, 3.63) is 58.2 Å². The number of hydrogen-bond acceptors (Lipinski definition) is 2. The highest BCUT2D eigenvalue weighted by Gasteiger charge is 2.15. The fourth-order valence-corrected chi connectivity index (χ4v) is 5.49. The summed E-state index contributed by atoms with van der Waals surface area (Å²) in [5, 5.41) is 0. The Kier molecular flexibility index (Phi) is 6.17. The molecule has 0 unspecified atom stereocenters. The maximum atomic E-state index is 13.5. The van der Waals surface area contributed by atoms with E-state index >= 15 is 0 Å². The SMILES string of the molecule is O=C(COc1c(I)cc(I)cc1I)c1ccc(F)cc1F. The number of Topliss-reactive ketones (excluding diaryl/α,β-unsaturated/α-hetero) is 1. The molecular weight excluding hydrogens is 619 g/mol. The highest BCUT2D eigenvalue weighted by molar-refractivity contribution is 14.1. The average Bonchev–Trinajstić information content (AvgIpc) is 2.36. The van der Waals surface area contributed by atoms with Gasteiger partial charge in [0, 0.05) is 9.64 Å². The molecule has 0 heterocycles. The molecule has 0 saturated heterocycles. The van der Waals surface area contributed by atoms with E-state index in [1.807, 2.05) is 12.1 Å². The first-order valence-corrected chi connectivity index (χ1v) is 8.87. The van der Waals surface area contributed by atoms with E-state index in [0.29, 0.717) is 11.8 Å². The highest BCUT2D eigenvalue weighted by atomic mass is 127. The second-order valence-corrected chi connectivity index (χ2v) is 7.60. The molecular formula is C14H7F2I3O2. The zero-order valence-electron chi connectivity index (χ0n) is 10.3. The van der Waals surface area contributed by atoms with Crippen LogP contribution in [0, 0.1) is 22.3 Å². The number of ether oxygens (including phenoxy) is 1. The minimum Gasteiger partial charge on any atom is -0.483 e. The Morgan fingerprint density at radius 2 is 1.67 bits per heavy atom. The number of carbonyl (C=O) groups is 1. The van der Waals surface area contributed by atoms with Gasteiger partial charge in [0.1, 0.15) is 17.4 Å². The van der Waals surface area contributed by atoms with Crippen molar-refractivity contribution in [2.24, 2.45) is 0 Å². The molecule has 2 rings (SSSR count). The minimum absolute atomic E-state index is 0.174. The Bertz CT molecular complexity index is 682. The molecule has 0 atom stereocenters. The van der Waals surface area contributed by atoms with Crippen molar-refractivity contribution in [3.8, 4) is 5.75 Å². The molecule has 0 bridgehead atoms. The third kappa shape index (κ3) is 4.47. The van der Waals surface area contributed by atoms with Crippen LogP contribution in [-0.2, 0) is 0 Å². The molecule has 0 aliphatic carbocycles. The molecule has 0 saturated carbocycles. The van der Waals surface area contributed by atoms with Gasteiger partial charge in [0.15, 0.2) is 6.61 Å². The van der Waals surface area contributed by atoms with Gasteiger partial charge in [-0.1, -0.05) is 0 Å². The fourth-order valence-electron chi connectivity index (χ4n) is 1.60. The van der Waals surface area contributed by atoms with Gasteiger partial charge >= 0.3 is 0 Å². The molecule has 21 heavy (non-hydrogen) atoms. The molecule has 0 aliphatic heterocycles. The number of ketones is 1. The molecule has 0 amide bonds. The Morgan fingerprint density at radius 3 is 2.24 bits per heavy atom. The topological polar surface area (TPSA) is 26.3 Å². The molecule has 0 N–H and O–H groups in total. The summed E-state index contributed by atoms with van der Waals surface area (Å²) >= 11 is 6.42. The highest BCUT2D eigenvalue weighted by Crippen LogP contribution is 2.29. The van der Waals surface area contributed by atoms with Gasteiger partial charge in [0.05, 0.1) is 12.7 Å². The molecule has 0 radical (unpaired) electrons. The van der Waals surface area contributed by atoms with Crippen LogP contribution in [0.25, 0.3) is 0 Å². The maximum absolute atomic E-state index is 13.5. The first kappa shape index (κ1) is 17.3. The van der Waals surface area contributed by atoms with Crippen LogP contribution in [-0.4, -0.2) is 12.4 Å². The Balaban J connectivity index is 2.15. The van der Waals surface area contributed by atoms with Crippen molar-refractivity contribution in [2.75, 3.05) is 6.61 Å². The average molecular weight is 626 g/mol. The molecule has 110 valence electrons. The largest absolute Gasteiger partial charge is 0.483 e. The fraction of sp³-hybridized carbons (Fsp3) is 0.0714. The van der Waals surface area contributed by atoms with Gasteiger partial charge < -0.3 is 4.74 Å². The quantitative estimate of drug-likeness (QED) is 0.352. The van der Waals surface area contributed by atoms with Gasteiger partial charge in [0.2, 0.25) is 5.78 Å². The van der Waals surface area contributed by atoms with Crippen molar-refractivity contribution in [1.29, 1.82) is 0 Å². The van der Waals surface area contributed by atoms with Crippen molar-refractivity contribution in [2.45, 2.75) is 0 Å². The summed E-state index contributed by atoms with van der Waals surface area (Å²) in [5.41, 5.74) is -0.174. The predicted octanol–water partition coefficient (Wildman–Crippen LogP) is 5.04. The number of benzene rings is 2. The summed E-state index contributed by atoms with van der Waals surface area (Å²) in [6, 6.07) is 6.70. The number of hydrogen-bond donors (Lipinski definition) is 0. The lowest BCUT2D eigenvalue weighted by molar-refractivity contribution is 0.0916.